The molecule has 1 saturated heterocycles. The van der Waals surface area contributed by atoms with Crippen LogP contribution in [0.15, 0.2) is 24.3 Å². The molecule has 1 aromatic rings. The van der Waals surface area contributed by atoms with Crippen molar-refractivity contribution in [3.8, 4) is 11.8 Å². The summed E-state index contributed by atoms with van der Waals surface area (Å²) in [6, 6.07) is 9.41. The summed E-state index contributed by atoms with van der Waals surface area (Å²) >= 11 is 0. The van der Waals surface area contributed by atoms with Crippen molar-refractivity contribution in [2.75, 3.05) is 33.4 Å². The summed E-state index contributed by atoms with van der Waals surface area (Å²) in [5, 5.41) is 8.87. The Bertz CT molecular complexity index is 516. The highest BCUT2D eigenvalue weighted by atomic mass is 16.5. The van der Waals surface area contributed by atoms with Crippen molar-refractivity contribution in [1.82, 2.24) is 4.90 Å². The van der Waals surface area contributed by atoms with E-state index in [1.165, 1.54) is 7.11 Å². The third-order valence-electron chi connectivity index (χ3n) is 3.73. The van der Waals surface area contributed by atoms with Gasteiger partial charge in [-0.15, -0.1) is 0 Å². The average Bonchev–Trinajstić information content (AvgIpc) is 2.55. The molecule has 0 bridgehead atoms. The van der Waals surface area contributed by atoms with E-state index in [-0.39, 0.29) is 11.9 Å². The highest BCUT2D eigenvalue weighted by Crippen LogP contribution is 2.19. The molecule has 0 amide bonds. The largest absolute Gasteiger partial charge is 0.491 e. The SMILES string of the molecule is COC(=O)c1ccccc1OCCN1CCC(C#N)CC1. The second-order valence-electron chi connectivity index (χ2n) is 5.08. The van der Waals surface area contributed by atoms with Crippen LogP contribution in [0.4, 0.5) is 0 Å². The number of para-hydroxylation sites is 1. The summed E-state index contributed by atoms with van der Waals surface area (Å²) in [7, 11) is 1.36. The summed E-state index contributed by atoms with van der Waals surface area (Å²) < 4.78 is 10.4. The maximum absolute atomic E-state index is 11.6. The number of hydrogen-bond donors (Lipinski definition) is 0. The van der Waals surface area contributed by atoms with Crippen molar-refractivity contribution < 1.29 is 14.3 Å². The first-order valence-corrected chi connectivity index (χ1v) is 7.16. The van der Waals surface area contributed by atoms with Gasteiger partial charge in [-0.2, -0.15) is 5.26 Å². The van der Waals surface area contributed by atoms with E-state index >= 15 is 0 Å². The molecule has 112 valence electrons. The molecular weight excluding hydrogens is 268 g/mol. The lowest BCUT2D eigenvalue weighted by atomic mass is 9.99. The van der Waals surface area contributed by atoms with Gasteiger partial charge in [0.15, 0.2) is 0 Å². The molecule has 2 rings (SSSR count). The molecule has 1 aliphatic heterocycles. The number of nitriles is 1. The number of carbonyl (C=O) groups is 1. The highest BCUT2D eigenvalue weighted by Gasteiger charge is 2.18. The number of piperidine rings is 1. The molecule has 1 fully saturated rings. The van der Waals surface area contributed by atoms with Crippen LogP contribution in [0.1, 0.15) is 23.2 Å². The van der Waals surface area contributed by atoms with Crippen LogP contribution in [0.3, 0.4) is 0 Å². The Hall–Kier alpha value is -2.06. The van der Waals surface area contributed by atoms with Gasteiger partial charge in [0.05, 0.1) is 13.2 Å². The van der Waals surface area contributed by atoms with Crippen LogP contribution < -0.4 is 4.74 Å². The van der Waals surface area contributed by atoms with E-state index < -0.39 is 0 Å². The van der Waals surface area contributed by atoms with Gasteiger partial charge in [0.25, 0.3) is 0 Å². The predicted molar refractivity (Wildman–Crippen MR) is 78.1 cm³/mol. The van der Waals surface area contributed by atoms with Gasteiger partial charge in [0, 0.05) is 12.5 Å². The number of rotatable bonds is 5. The molecule has 21 heavy (non-hydrogen) atoms. The Labute approximate surface area is 125 Å². The Morgan fingerprint density at radius 3 is 2.76 bits per heavy atom. The fraction of sp³-hybridized carbons (Fsp3) is 0.500. The number of likely N-dealkylation sites (tertiary alicyclic amines) is 1. The van der Waals surface area contributed by atoms with E-state index in [2.05, 4.69) is 11.0 Å². The second-order valence-corrected chi connectivity index (χ2v) is 5.08. The van der Waals surface area contributed by atoms with Gasteiger partial charge in [-0.25, -0.2) is 4.79 Å². The van der Waals surface area contributed by atoms with Crippen molar-refractivity contribution in [3.63, 3.8) is 0 Å². The van der Waals surface area contributed by atoms with Crippen LogP contribution in [0, 0.1) is 17.2 Å². The Morgan fingerprint density at radius 2 is 2.10 bits per heavy atom. The normalized spacial score (nSPS) is 16.2. The lowest BCUT2D eigenvalue weighted by Crippen LogP contribution is -2.36. The first-order chi connectivity index (χ1) is 10.2. The van der Waals surface area contributed by atoms with Crippen LogP contribution in [0.25, 0.3) is 0 Å². The van der Waals surface area contributed by atoms with Gasteiger partial charge in [0.2, 0.25) is 0 Å². The number of nitrogens with zero attached hydrogens (tertiary/aromatic N) is 2. The fourth-order valence-corrected chi connectivity index (χ4v) is 2.44. The molecule has 1 heterocycles. The topological polar surface area (TPSA) is 62.6 Å². The molecule has 5 heteroatoms. The maximum Gasteiger partial charge on any atom is 0.341 e. The smallest absolute Gasteiger partial charge is 0.341 e. The molecule has 5 nitrogen and oxygen atoms in total. The molecule has 0 radical (unpaired) electrons. The molecule has 0 N–H and O–H groups in total. The molecule has 0 spiro atoms. The van der Waals surface area contributed by atoms with Gasteiger partial charge in [0.1, 0.15) is 17.9 Å². The van der Waals surface area contributed by atoms with Crippen LogP contribution in [0.2, 0.25) is 0 Å². The second kappa shape index (κ2) is 7.65. The lowest BCUT2D eigenvalue weighted by Gasteiger charge is -2.28. The van der Waals surface area contributed by atoms with Crippen molar-refractivity contribution >= 4 is 5.97 Å². The molecule has 1 aromatic carbocycles. The van der Waals surface area contributed by atoms with Gasteiger partial charge >= 0.3 is 5.97 Å². The summed E-state index contributed by atoms with van der Waals surface area (Å²) in [5.41, 5.74) is 0.447. The van der Waals surface area contributed by atoms with Gasteiger partial charge < -0.3 is 9.47 Å². The third kappa shape index (κ3) is 4.20. The summed E-state index contributed by atoms with van der Waals surface area (Å²) in [5.74, 6) is 0.360. The number of benzene rings is 1. The quantitative estimate of drug-likeness (QED) is 0.776. The molecule has 0 atom stereocenters. The monoisotopic (exact) mass is 288 g/mol. The molecular formula is C16H20N2O3. The molecule has 0 unspecified atom stereocenters. The van der Waals surface area contributed by atoms with Crippen molar-refractivity contribution in [2.45, 2.75) is 12.8 Å². The minimum Gasteiger partial charge on any atom is -0.491 e. The van der Waals surface area contributed by atoms with Gasteiger partial charge in [-0.3, -0.25) is 4.90 Å². The average molecular weight is 288 g/mol. The van der Waals surface area contributed by atoms with Crippen molar-refractivity contribution in [3.05, 3.63) is 29.8 Å². The minimum atomic E-state index is -0.388. The summed E-state index contributed by atoms with van der Waals surface area (Å²) in [4.78, 5) is 13.9. The lowest BCUT2D eigenvalue weighted by molar-refractivity contribution is 0.0595. The van der Waals surface area contributed by atoms with Gasteiger partial charge in [-0.1, -0.05) is 12.1 Å². The van der Waals surface area contributed by atoms with E-state index in [1.54, 1.807) is 18.2 Å². The number of methoxy groups -OCH3 is 1. The van der Waals surface area contributed by atoms with E-state index in [0.717, 1.165) is 32.5 Å². The Balaban J connectivity index is 1.82. The first-order valence-electron chi connectivity index (χ1n) is 7.16. The van der Waals surface area contributed by atoms with E-state index in [9.17, 15) is 4.79 Å². The van der Waals surface area contributed by atoms with E-state index in [0.29, 0.717) is 17.9 Å². The zero-order valence-electron chi connectivity index (χ0n) is 12.2. The minimum absolute atomic E-state index is 0.196. The summed E-state index contributed by atoms with van der Waals surface area (Å²) in [6.45, 7) is 3.18. The summed E-state index contributed by atoms with van der Waals surface area (Å²) in [6.07, 6.45) is 1.85. The van der Waals surface area contributed by atoms with Gasteiger partial charge in [-0.05, 0) is 38.1 Å². The van der Waals surface area contributed by atoms with Crippen molar-refractivity contribution in [2.24, 2.45) is 5.92 Å². The molecule has 0 aliphatic carbocycles. The maximum atomic E-state index is 11.6. The number of ether oxygens (including phenoxy) is 2. The van der Waals surface area contributed by atoms with Crippen LogP contribution in [0.5, 0.6) is 5.75 Å². The molecule has 1 aliphatic rings. The Morgan fingerprint density at radius 1 is 1.38 bits per heavy atom. The molecule has 0 aromatic heterocycles. The highest BCUT2D eigenvalue weighted by molar-refractivity contribution is 5.92. The van der Waals surface area contributed by atoms with E-state index in [4.69, 9.17) is 14.7 Å². The zero-order valence-corrected chi connectivity index (χ0v) is 12.2. The standard InChI is InChI=1S/C16H20N2O3/c1-20-16(19)14-4-2-3-5-15(14)21-11-10-18-8-6-13(12-17)7-9-18/h2-5,13H,6-11H2,1H3. The zero-order chi connectivity index (χ0) is 15.1. The van der Waals surface area contributed by atoms with Crippen LogP contribution in [-0.2, 0) is 4.74 Å². The van der Waals surface area contributed by atoms with Crippen molar-refractivity contribution in [1.29, 1.82) is 5.26 Å². The van der Waals surface area contributed by atoms with Crippen LogP contribution in [-0.4, -0.2) is 44.2 Å². The fourth-order valence-electron chi connectivity index (χ4n) is 2.44. The number of esters is 1. The molecule has 0 saturated carbocycles. The predicted octanol–water partition coefficient (Wildman–Crippen LogP) is 2.09. The van der Waals surface area contributed by atoms with E-state index in [1.807, 2.05) is 6.07 Å². The number of hydrogen-bond acceptors (Lipinski definition) is 5. The number of carbonyl (C=O) groups excluding carboxylic acids is 1. The third-order valence-corrected chi connectivity index (χ3v) is 3.73. The Kier molecular flexibility index (Phi) is 5.59. The van der Waals surface area contributed by atoms with Crippen LogP contribution >= 0.6 is 0 Å². The first kappa shape index (κ1) is 15.3.